The summed E-state index contributed by atoms with van der Waals surface area (Å²) in [7, 11) is 1.86. The molecule has 0 spiro atoms. The zero-order valence-electron chi connectivity index (χ0n) is 12.7. The van der Waals surface area contributed by atoms with Gasteiger partial charge in [0, 0.05) is 24.9 Å². The molecule has 0 bridgehead atoms. The van der Waals surface area contributed by atoms with Gasteiger partial charge >= 0.3 is 0 Å². The summed E-state index contributed by atoms with van der Waals surface area (Å²) in [5.41, 5.74) is 0.284. The van der Waals surface area contributed by atoms with Crippen LogP contribution in [0.25, 0.3) is 0 Å². The molecule has 0 aliphatic rings. The van der Waals surface area contributed by atoms with Crippen molar-refractivity contribution in [2.45, 2.75) is 26.8 Å². The highest BCUT2D eigenvalue weighted by Gasteiger charge is 2.27. The third-order valence-corrected chi connectivity index (χ3v) is 3.28. The fraction of sp³-hybridized carbons (Fsp3) is 0.375. The lowest BCUT2D eigenvalue weighted by atomic mass is 9.94. The highest BCUT2D eigenvalue weighted by atomic mass is 19.1. The summed E-state index contributed by atoms with van der Waals surface area (Å²) in [6.45, 7) is 5.55. The van der Waals surface area contributed by atoms with E-state index >= 15 is 0 Å². The van der Waals surface area contributed by atoms with Crippen molar-refractivity contribution in [3.05, 3.63) is 53.9 Å². The lowest BCUT2D eigenvalue weighted by Crippen LogP contribution is -2.38. The number of aromatic nitrogens is 2. The Kier molecular flexibility index (Phi) is 4.11. The van der Waals surface area contributed by atoms with E-state index in [1.165, 1.54) is 12.1 Å². The van der Waals surface area contributed by atoms with Crippen LogP contribution in [-0.4, -0.2) is 15.5 Å². The monoisotopic (exact) mass is 289 g/mol. The molecule has 0 fully saturated rings. The van der Waals surface area contributed by atoms with Gasteiger partial charge in [0.2, 0.25) is 5.91 Å². The Labute approximate surface area is 124 Å². The molecule has 1 atom stereocenters. The molecule has 4 nitrogen and oxygen atoms in total. The van der Waals surface area contributed by atoms with Crippen LogP contribution in [0, 0.1) is 11.2 Å². The first kappa shape index (κ1) is 15.2. The van der Waals surface area contributed by atoms with Crippen molar-refractivity contribution in [1.82, 2.24) is 14.9 Å². The summed E-state index contributed by atoms with van der Waals surface area (Å²) in [6, 6.07) is 5.69. The van der Waals surface area contributed by atoms with Crippen molar-refractivity contribution < 1.29 is 9.18 Å². The first-order valence-corrected chi connectivity index (χ1v) is 6.82. The minimum atomic E-state index is -0.510. The Balaban J connectivity index is 2.38. The second-order valence-corrected chi connectivity index (χ2v) is 6.10. The molecule has 112 valence electrons. The molecule has 0 aliphatic carbocycles. The quantitative estimate of drug-likeness (QED) is 0.944. The van der Waals surface area contributed by atoms with Crippen molar-refractivity contribution in [2.24, 2.45) is 12.5 Å². The zero-order chi connectivity index (χ0) is 15.6. The molecule has 21 heavy (non-hydrogen) atoms. The normalized spacial score (nSPS) is 13.0. The van der Waals surface area contributed by atoms with Crippen LogP contribution in [0.5, 0.6) is 0 Å². The Bertz CT molecular complexity index is 626. The summed E-state index contributed by atoms with van der Waals surface area (Å²) < 4.78 is 15.0. The van der Waals surface area contributed by atoms with Gasteiger partial charge in [-0.05, 0) is 17.7 Å². The third kappa shape index (κ3) is 3.48. The average molecular weight is 289 g/mol. The molecule has 0 aliphatic heterocycles. The summed E-state index contributed by atoms with van der Waals surface area (Å²) >= 11 is 0. The minimum absolute atomic E-state index is 0.0835. The number of imidazole rings is 1. The molecular formula is C16H20FN3O. The predicted molar refractivity (Wildman–Crippen MR) is 79.0 cm³/mol. The molecule has 1 unspecified atom stereocenters. The van der Waals surface area contributed by atoms with Crippen LogP contribution in [0.2, 0.25) is 0 Å². The summed E-state index contributed by atoms with van der Waals surface area (Å²) in [6.07, 6.45) is 3.49. The average Bonchev–Trinajstić information content (AvgIpc) is 2.82. The molecule has 0 saturated carbocycles. The van der Waals surface area contributed by atoms with Crippen LogP contribution in [0.1, 0.15) is 38.2 Å². The first-order valence-electron chi connectivity index (χ1n) is 6.82. The molecule has 1 amide bonds. The third-order valence-electron chi connectivity index (χ3n) is 3.28. The van der Waals surface area contributed by atoms with Crippen molar-refractivity contribution >= 4 is 5.91 Å². The van der Waals surface area contributed by atoms with Crippen LogP contribution in [0.15, 0.2) is 36.7 Å². The highest BCUT2D eigenvalue weighted by molar-refractivity contribution is 5.82. The molecule has 0 radical (unpaired) electrons. The molecule has 1 aromatic carbocycles. The molecule has 1 heterocycles. The van der Waals surface area contributed by atoms with Gasteiger partial charge in [0.15, 0.2) is 0 Å². The summed E-state index contributed by atoms with van der Waals surface area (Å²) in [5.74, 6) is 0.318. The fourth-order valence-electron chi connectivity index (χ4n) is 1.96. The number of rotatable bonds is 3. The van der Waals surface area contributed by atoms with Crippen LogP contribution in [-0.2, 0) is 11.8 Å². The lowest BCUT2D eigenvalue weighted by molar-refractivity contribution is -0.129. The van der Waals surface area contributed by atoms with Gasteiger partial charge in [-0.2, -0.15) is 0 Å². The lowest BCUT2D eigenvalue weighted by Gasteiger charge is -2.24. The molecule has 1 N–H and O–H groups in total. The van der Waals surface area contributed by atoms with Crippen molar-refractivity contribution in [1.29, 1.82) is 0 Å². The Morgan fingerprint density at radius 2 is 1.90 bits per heavy atom. The number of carbonyl (C=O) groups is 1. The number of hydrogen-bond donors (Lipinski definition) is 1. The van der Waals surface area contributed by atoms with Crippen LogP contribution < -0.4 is 5.32 Å². The number of amides is 1. The van der Waals surface area contributed by atoms with Gasteiger partial charge in [-0.3, -0.25) is 4.79 Å². The van der Waals surface area contributed by atoms with Crippen molar-refractivity contribution in [3.63, 3.8) is 0 Å². The Hall–Kier alpha value is -2.17. The predicted octanol–water partition coefficient (Wildman–Crippen LogP) is 2.81. The van der Waals surface area contributed by atoms with Gasteiger partial charge in [-0.25, -0.2) is 9.37 Å². The first-order chi connectivity index (χ1) is 9.79. The van der Waals surface area contributed by atoms with E-state index in [1.54, 1.807) is 18.3 Å². The smallest absolute Gasteiger partial charge is 0.226 e. The number of nitrogens with one attached hydrogen (secondary N) is 1. The molecule has 2 aromatic rings. The molecular weight excluding hydrogens is 269 g/mol. The van der Waals surface area contributed by atoms with E-state index in [4.69, 9.17) is 0 Å². The number of hydrogen-bond acceptors (Lipinski definition) is 2. The van der Waals surface area contributed by atoms with Crippen molar-refractivity contribution in [2.75, 3.05) is 0 Å². The summed E-state index contributed by atoms with van der Waals surface area (Å²) in [4.78, 5) is 16.6. The molecule has 2 rings (SSSR count). The maximum Gasteiger partial charge on any atom is 0.226 e. The van der Waals surface area contributed by atoms with Gasteiger partial charge in [-0.15, -0.1) is 0 Å². The molecule has 1 aromatic heterocycles. The van der Waals surface area contributed by atoms with Gasteiger partial charge in [0.25, 0.3) is 0 Å². The highest BCUT2D eigenvalue weighted by Crippen LogP contribution is 2.23. The second-order valence-electron chi connectivity index (χ2n) is 6.10. The maximum atomic E-state index is 13.1. The Morgan fingerprint density at radius 1 is 1.29 bits per heavy atom. The van der Waals surface area contributed by atoms with E-state index in [-0.39, 0.29) is 11.7 Å². The van der Waals surface area contributed by atoms with E-state index in [9.17, 15) is 9.18 Å². The van der Waals surface area contributed by atoms with Gasteiger partial charge < -0.3 is 9.88 Å². The summed E-state index contributed by atoms with van der Waals surface area (Å²) in [5, 5.41) is 2.99. The number of benzene rings is 1. The fourth-order valence-corrected chi connectivity index (χ4v) is 1.96. The minimum Gasteiger partial charge on any atom is -0.342 e. The van der Waals surface area contributed by atoms with Crippen LogP contribution >= 0.6 is 0 Å². The largest absolute Gasteiger partial charge is 0.342 e. The van der Waals surface area contributed by atoms with Crippen LogP contribution in [0.3, 0.4) is 0 Å². The van der Waals surface area contributed by atoms with Gasteiger partial charge in [-0.1, -0.05) is 32.9 Å². The van der Waals surface area contributed by atoms with Crippen molar-refractivity contribution in [3.8, 4) is 0 Å². The van der Waals surface area contributed by atoms with E-state index in [0.717, 1.165) is 5.56 Å². The standard InChI is InChI=1S/C16H20FN3O/c1-16(2,3)15(21)19-13(14-18-9-10-20(14)4)11-5-7-12(17)8-6-11/h5-10,13H,1-4H3,(H,19,21). The topological polar surface area (TPSA) is 46.9 Å². The SMILES string of the molecule is Cn1ccnc1C(NC(=O)C(C)(C)C)c1ccc(F)cc1. The van der Waals surface area contributed by atoms with Crippen LogP contribution in [0.4, 0.5) is 4.39 Å². The maximum absolute atomic E-state index is 13.1. The van der Waals surface area contributed by atoms with E-state index in [0.29, 0.717) is 5.82 Å². The number of aryl methyl sites for hydroxylation is 1. The molecule has 0 saturated heterocycles. The zero-order valence-corrected chi connectivity index (χ0v) is 12.7. The van der Waals surface area contributed by atoms with Gasteiger partial charge in [0.05, 0.1) is 0 Å². The number of carbonyl (C=O) groups excluding carboxylic acids is 1. The van der Waals surface area contributed by atoms with Gasteiger partial charge in [0.1, 0.15) is 17.7 Å². The van der Waals surface area contributed by atoms with E-state index in [1.807, 2.05) is 38.6 Å². The second kappa shape index (κ2) is 5.68. The number of nitrogens with zero attached hydrogens (tertiary/aromatic N) is 2. The molecule has 5 heteroatoms. The van der Waals surface area contributed by atoms with E-state index < -0.39 is 11.5 Å². The van der Waals surface area contributed by atoms with E-state index in [2.05, 4.69) is 10.3 Å². The number of halogens is 1. The Morgan fingerprint density at radius 3 is 2.38 bits per heavy atom.